The number of halogens is 1. The largest absolute Gasteiger partial charge is 0.379 e. The Morgan fingerprint density at radius 2 is 1.82 bits per heavy atom. The van der Waals surface area contributed by atoms with Gasteiger partial charge in [-0.25, -0.2) is 0 Å². The maximum Gasteiger partial charge on any atom is 0.191 e. The molecule has 0 aromatic heterocycles. The van der Waals surface area contributed by atoms with Gasteiger partial charge < -0.3 is 20.3 Å². The molecule has 1 unspecified atom stereocenters. The minimum absolute atomic E-state index is 0. The van der Waals surface area contributed by atoms with Crippen LogP contribution in [-0.4, -0.2) is 98.9 Å². The second-order valence-electron chi connectivity index (χ2n) is 8.09. The van der Waals surface area contributed by atoms with Crippen LogP contribution in [0.3, 0.4) is 0 Å². The van der Waals surface area contributed by atoms with E-state index in [0.29, 0.717) is 0 Å². The zero-order valence-corrected chi connectivity index (χ0v) is 20.7. The van der Waals surface area contributed by atoms with Crippen LogP contribution in [0.2, 0.25) is 0 Å². The Kier molecular flexibility index (Phi) is 11.8. The summed E-state index contributed by atoms with van der Waals surface area (Å²) in [6.45, 7) is 9.61. The molecule has 3 fully saturated rings. The smallest absolute Gasteiger partial charge is 0.191 e. The van der Waals surface area contributed by atoms with E-state index in [0.717, 1.165) is 45.4 Å². The van der Waals surface area contributed by atoms with E-state index < -0.39 is 0 Å². The fourth-order valence-electron chi connectivity index (χ4n) is 4.47. The summed E-state index contributed by atoms with van der Waals surface area (Å²) < 4.78 is 5.57. The molecule has 3 saturated heterocycles. The summed E-state index contributed by atoms with van der Waals surface area (Å²) in [7, 11) is 1.88. The third-order valence-corrected chi connectivity index (χ3v) is 7.45. The van der Waals surface area contributed by atoms with E-state index >= 15 is 0 Å². The summed E-state index contributed by atoms with van der Waals surface area (Å²) in [4.78, 5) is 9.74. The van der Waals surface area contributed by atoms with Gasteiger partial charge in [-0.2, -0.15) is 11.8 Å². The number of likely N-dealkylation sites (tertiary alicyclic amines) is 1. The zero-order valence-electron chi connectivity index (χ0n) is 17.6. The Hall–Kier alpha value is 0.230. The normalized spacial score (nSPS) is 27.8. The minimum Gasteiger partial charge on any atom is -0.379 e. The number of guanidine groups is 1. The Labute approximate surface area is 193 Å². The van der Waals surface area contributed by atoms with Gasteiger partial charge in [0.15, 0.2) is 5.96 Å². The van der Waals surface area contributed by atoms with Crippen LogP contribution in [0.4, 0.5) is 0 Å². The van der Waals surface area contributed by atoms with E-state index in [-0.39, 0.29) is 29.5 Å². The molecule has 164 valence electrons. The number of aliphatic imine (C=N–C) groups is 1. The van der Waals surface area contributed by atoms with Crippen LogP contribution in [-0.2, 0) is 4.74 Å². The predicted octanol–water partition coefficient (Wildman–Crippen LogP) is 2.24. The number of rotatable bonds is 7. The van der Waals surface area contributed by atoms with Crippen molar-refractivity contribution in [3.8, 4) is 0 Å². The molecule has 28 heavy (non-hydrogen) atoms. The fourth-order valence-corrected chi connectivity index (χ4v) is 5.95. The monoisotopic (exact) mass is 525 g/mol. The first-order chi connectivity index (χ1) is 13.3. The molecular weight excluding hydrogens is 485 g/mol. The molecule has 0 amide bonds. The first-order valence-corrected chi connectivity index (χ1v) is 12.1. The predicted molar refractivity (Wildman–Crippen MR) is 131 cm³/mol. The fraction of sp³-hybridized carbons (Fsp3) is 0.950. The van der Waals surface area contributed by atoms with Crippen LogP contribution in [0.1, 0.15) is 38.5 Å². The number of morpholine rings is 1. The molecule has 0 aromatic carbocycles. The Morgan fingerprint density at radius 1 is 1.07 bits per heavy atom. The number of thioether (sulfide) groups is 1. The van der Waals surface area contributed by atoms with E-state index in [1.54, 1.807) is 0 Å². The zero-order chi connectivity index (χ0) is 18.8. The highest BCUT2D eigenvalue weighted by Crippen LogP contribution is 2.33. The molecule has 3 rings (SSSR count). The van der Waals surface area contributed by atoms with E-state index in [9.17, 15) is 0 Å². The van der Waals surface area contributed by atoms with Gasteiger partial charge in [-0.3, -0.25) is 9.89 Å². The standard InChI is InChI=1S/C20H39N5OS.HI/c1-21-19(22-8-6-11-24-9-4-2-3-5-10-24)23-17-20(7-16-27-18-20)25-12-14-26-15-13-25;/h2-18H2,1H3,(H2,21,22,23);1H. The molecule has 6 nitrogen and oxygen atoms in total. The summed E-state index contributed by atoms with van der Waals surface area (Å²) in [6, 6.07) is 0. The molecule has 0 spiro atoms. The van der Waals surface area contributed by atoms with Crippen molar-refractivity contribution < 1.29 is 4.74 Å². The lowest BCUT2D eigenvalue weighted by atomic mass is 9.95. The molecule has 0 aromatic rings. The molecule has 0 saturated carbocycles. The SMILES string of the molecule is CN=C(NCCCN1CCCCCC1)NCC1(N2CCOCC2)CCSC1.I. The molecule has 2 N–H and O–H groups in total. The van der Waals surface area contributed by atoms with Gasteiger partial charge in [0.2, 0.25) is 0 Å². The van der Waals surface area contributed by atoms with Crippen molar-refractivity contribution >= 4 is 41.7 Å². The number of nitrogens with one attached hydrogen (secondary N) is 2. The van der Waals surface area contributed by atoms with Crippen LogP contribution >= 0.6 is 35.7 Å². The minimum atomic E-state index is 0. The van der Waals surface area contributed by atoms with Gasteiger partial charge >= 0.3 is 0 Å². The third kappa shape index (κ3) is 7.49. The Balaban J connectivity index is 0.00000280. The number of ether oxygens (including phenoxy) is 1. The van der Waals surface area contributed by atoms with E-state index in [1.807, 2.05) is 7.05 Å². The van der Waals surface area contributed by atoms with Gasteiger partial charge in [0.05, 0.1) is 13.2 Å². The number of nitrogens with zero attached hydrogens (tertiary/aromatic N) is 3. The third-order valence-electron chi connectivity index (χ3n) is 6.22. The Bertz CT molecular complexity index is 448. The van der Waals surface area contributed by atoms with E-state index in [1.165, 1.54) is 69.7 Å². The van der Waals surface area contributed by atoms with Crippen molar-refractivity contribution in [2.75, 3.05) is 77.6 Å². The average molecular weight is 526 g/mol. The lowest BCUT2D eigenvalue weighted by molar-refractivity contribution is -0.0120. The van der Waals surface area contributed by atoms with Gasteiger partial charge in [-0.1, -0.05) is 12.8 Å². The summed E-state index contributed by atoms with van der Waals surface area (Å²) in [5.41, 5.74) is 0.262. The summed E-state index contributed by atoms with van der Waals surface area (Å²) in [5, 5.41) is 7.16. The topological polar surface area (TPSA) is 52.1 Å². The Morgan fingerprint density at radius 3 is 2.46 bits per heavy atom. The molecule has 0 aliphatic carbocycles. The second kappa shape index (κ2) is 13.5. The average Bonchev–Trinajstić information content (AvgIpc) is 3.05. The first-order valence-electron chi connectivity index (χ1n) is 10.9. The molecule has 3 aliphatic rings. The molecule has 0 bridgehead atoms. The van der Waals surface area contributed by atoms with Crippen LogP contribution < -0.4 is 10.6 Å². The highest BCUT2D eigenvalue weighted by atomic mass is 127. The summed E-state index contributed by atoms with van der Waals surface area (Å²) >= 11 is 2.08. The van der Waals surface area contributed by atoms with Crippen LogP contribution in [0.25, 0.3) is 0 Å². The lowest BCUT2D eigenvalue weighted by Crippen LogP contribution is -2.60. The maximum absolute atomic E-state index is 5.57. The van der Waals surface area contributed by atoms with Crippen molar-refractivity contribution in [3.05, 3.63) is 0 Å². The molecule has 0 radical (unpaired) electrons. The van der Waals surface area contributed by atoms with Crippen molar-refractivity contribution in [2.24, 2.45) is 4.99 Å². The highest BCUT2D eigenvalue weighted by Gasteiger charge is 2.40. The van der Waals surface area contributed by atoms with Crippen molar-refractivity contribution in [1.29, 1.82) is 0 Å². The van der Waals surface area contributed by atoms with Crippen LogP contribution in [0.5, 0.6) is 0 Å². The van der Waals surface area contributed by atoms with Gasteiger partial charge in [0.1, 0.15) is 0 Å². The van der Waals surface area contributed by atoms with Crippen molar-refractivity contribution in [1.82, 2.24) is 20.4 Å². The highest BCUT2D eigenvalue weighted by molar-refractivity contribution is 14.0. The van der Waals surface area contributed by atoms with E-state index in [2.05, 4.69) is 37.2 Å². The lowest BCUT2D eigenvalue weighted by Gasteiger charge is -2.43. The van der Waals surface area contributed by atoms with Crippen molar-refractivity contribution in [2.45, 2.75) is 44.1 Å². The van der Waals surface area contributed by atoms with Gasteiger partial charge in [-0.05, 0) is 51.1 Å². The molecule has 3 heterocycles. The molecular formula is C20H40IN5OS. The number of hydrogen-bond acceptors (Lipinski definition) is 5. The van der Waals surface area contributed by atoms with Crippen LogP contribution in [0, 0.1) is 0 Å². The van der Waals surface area contributed by atoms with Crippen LogP contribution in [0.15, 0.2) is 4.99 Å². The van der Waals surface area contributed by atoms with Gasteiger partial charge in [0, 0.05) is 44.5 Å². The van der Waals surface area contributed by atoms with Gasteiger partial charge in [-0.15, -0.1) is 24.0 Å². The molecule has 8 heteroatoms. The molecule has 1 atom stereocenters. The molecule has 3 aliphatic heterocycles. The first kappa shape index (κ1) is 24.5. The maximum atomic E-state index is 5.57. The second-order valence-corrected chi connectivity index (χ2v) is 9.19. The summed E-state index contributed by atoms with van der Waals surface area (Å²) in [5.74, 6) is 3.43. The van der Waals surface area contributed by atoms with E-state index in [4.69, 9.17) is 4.74 Å². The summed E-state index contributed by atoms with van der Waals surface area (Å²) in [6.07, 6.45) is 8.02. The van der Waals surface area contributed by atoms with Crippen molar-refractivity contribution in [3.63, 3.8) is 0 Å². The quantitative estimate of drug-likeness (QED) is 0.230. The van der Waals surface area contributed by atoms with Gasteiger partial charge in [0.25, 0.3) is 0 Å². The number of hydrogen-bond donors (Lipinski definition) is 2.